The van der Waals surface area contributed by atoms with E-state index in [1.54, 1.807) is 0 Å². The smallest absolute Gasteiger partial charge is 0.137 e. The highest BCUT2D eigenvalue weighted by Gasteiger charge is 2.51. The van der Waals surface area contributed by atoms with Crippen LogP contribution < -0.4 is 4.74 Å². The lowest BCUT2D eigenvalue weighted by Gasteiger charge is -2.58. The molecule has 4 aliphatic carbocycles. The van der Waals surface area contributed by atoms with Crippen molar-refractivity contribution in [3.05, 3.63) is 29.3 Å². The topological polar surface area (TPSA) is 33.0 Å². The molecule has 0 amide bonds. The molecule has 2 heteroatoms. The Labute approximate surface area is 178 Å². The van der Waals surface area contributed by atoms with Crippen molar-refractivity contribution in [1.82, 2.24) is 0 Å². The second kappa shape index (κ2) is 8.71. The van der Waals surface area contributed by atoms with E-state index in [4.69, 9.17) is 4.74 Å². The summed E-state index contributed by atoms with van der Waals surface area (Å²) in [6.45, 7) is 5.15. The molecular weight excluding hydrogens is 354 g/mol. The van der Waals surface area contributed by atoms with Crippen LogP contribution in [0, 0.1) is 28.1 Å². The monoisotopic (exact) mass is 393 g/mol. The highest BCUT2D eigenvalue weighted by atomic mass is 16.5. The summed E-state index contributed by atoms with van der Waals surface area (Å²) in [5.41, 5.74) is 3.47. The summed E-state index contributed by atoms with van der Waals surface area (Å²) in [4.78, 5) is 0. The lowest BCUT2D eigenvalue weighted by atomic mass is 9.47. The number of rotatable bonds is 7. The molecule has 0 radical (unpaired) electrons. The normalized spacial score (nSPS) is 34.0. The predicted octanol–water partition coefficient (Wildman–Crippen LogP) is 7.76. The quantitative estimate of drug-likeness (QED) is 0.474. The van der Waals surface area contributed by atoms with Crippen molar-refractivity contribution >= 4 is 0 Å². The van der Waals surface area contributed by atoms with Crippen molar-refractivity contribution in [3.8, 4) is 11.8 Å². The van der Waals surface area contributed by atoms with Gasteiger partial charge in [0.25, 0.3) is 0 Å². The van der Waals surface area contributed by atoms with Crippen LogP contribution in [0.1, 0.15) is 114 Å². The van der Waals surface area contributed by atoms with Gasteiger partial charge in [0.1, 0.15) is 11.8 Å². The van der Waals surface area contributed by atoms with E-state index in [0.717, 1.165) is 23.5 Å². The first kappa shape index (κ1) is 20.8. The molecule has 5 rings (SSSR count). The molecule has 0 heterocycles. The number of nitriles is 1. The summed E-state index contributed by atoms with van der Waals surface area (Å²) < 4.78 is 5.75. The van der Waals surface area contributed by atoms with Crippen LogP contribution in [-0.4, -0.2) is 6.61 Å². The van der Waals surface area contributed by atoms with Crippen molar-refractivity contribution in [2.75, 3.05) is 6.61 Å². The Bertz CT molecular complexity index is 713. The van der Waals surface area contributed by atoms with E-state index in [2.05, 4.69) is 32.0 Å². The van der Waals surface area contributed by atoms with Gasteiger partial charge in [-0.25, -0.2) is 0 Å². The number of nitrogens with zero attached hydrogens (tertiary/aromatic N) is 1. The molecule has 0 spiro atoms. The van der Waals surface area contributed by atoms with Gasteiger partial charge < -0.3 is 4.74 Å². The minimum Gasteiger partial charge on any atom is -0.492 e. The Morgan fingerprint density at radius 1 is 0.966 bits per heavy atom. The number of hydrogen-bond acceptors (Lipinski definition) is 2. The zero-order chi connectivity index (χ0) is 20.3. The summed E-state index contributed by atoms with van der Waals surface area (Å²) in [6.07, 6.45) is 18.2. The van der Waals surface area contributed by atoms with Gasteiger partial charge >= 0.3 is 0 Å². The molecular formula is C27H39NO. The molecule has 0 N–H and O–H groups in total. The van der Waals surface area contributed by atoms with Gasteiger partial charge in [-0.3, -0.25) is 0 Å². The molecule has 1 aromatic rings. The van der Waals surface area contributed by atoms with Crippen molar-refractivity contribution in [1.29, 1.82) is 5.26 Å². The van der Waals surface area contributed by atoms with Gasteiger partial charge in [0.2, 0.25) is 0 Å². The van der Waals surface area contributed by atoms with E-state index >= 15 is 0 Å². The zero-order valence-corrected chi connectivity index (χ0v) is 18.6. The van der Waals surface area contributed by atoms with Gasteiger partial charge in [-0.1, -0.05) is 26.3 Å². The number of ether oxygens (including phenoxy) is 1. The van der Waals surface area contributed by atoms with Gasteiger partial charge in [-0.05, 0) is 117 Å². The van der Waals surface area contributed by atoms with Gasteiger partial charge in [-0.2, -0.15) is 5.26 Å². The summed E-state index contributed by atoms with van der Waals surface area (Å²) in [5, 5.41) is 9.55. The fraction of sp³-hybridized carbons (Fsp3) is 0.741. The summed E-state index contributed by atoms with van der Waals surface area (Å²) >= 11 is 0. The maximum Gasteiger partial charge on any atom is 0.137 e. The van der Waals surface area contributed by atoms with Crippen molar-refractivity contribution < 1.29 is 4.74 Å². The number of benzene rings is 1. The van der Waals surface area contributed by atoms with Gasteiger partial charge in [0, 0.05) is 0 Å². The molecule has 0 aromatic heterocycles. The van der Waals surface area contributed by atoms with Crippen LogP contribution in [0.4, 0.5) is 0 Å². The minimum absolute atomic E-state index is 0.626. The SMILES string of the molecule is CCCOc1ccc([C@H]2CC[C@H](C34CCC(CCC)(CC3)CC4)CC2)cc1C#N. The third kappa shape index (κ3) is 4.08. The van der Waals surface area contributed by atoms with Crippen LogP contribution in [-0.2, 0) is 0 Å². The molecule has 4 fully saturated rings. The van der Waals surface area contributed by atoms with Gasteiger partial charge in [0.05, 0.1) is 12.2 Å². The predicted molar refractivity (Wildman–Crippen MR) is 119 cm³/mol. The fourth-order valence-electron chi connectivity index (χ4n) is 7.08. The fourth-order valence-corrected chi connectivity index (χ4v) is 7.08. The second-order valence-corrected chi connectivity index (χ2v) is 10.4. The number of hydrogen-bond donors (Lipinski definition) is 0. The van der Waals surface area contributed by atoms with Gasteiger partial charge in [-0.15, -0.1) is 0 Å². The summed E-state index contributed by atoms with van der Waals surface area (Å²) in [6, 6.07) is 8.71. The van der Waals surface area contributed by atoms with Crippen LogP contribution in [0.25, 0.3) is 0 Å². The molecule has 1 aromatic carbocycles. The molecule has 2 nitrogen and oxygen atoms in total. The highest BCUT2D eigenvalue weighted by molar-refractivity contribution is 5.46. The van der Waals surface area contributed by atoms with Crippen molar-refractivity contribution in [3.63, 3.8) is 0 Å². The van der Waals surface area contributed by atoms with E-state index in [1.165, 1.54) is 82.6 Å². The van der Waals surface area contributed by atoms with E-state index in [0.29, 0.717) is 23.5 Å². The molecule has 0 atom stereocenters. The van der Waals surface area contributed by atoms with E-state index < -0.39 is 0 Å². The molecule has 4 saturated carbocycles. The van der Waals surface area contributed by atoms with Crippen LogP contribution >= 0.6 is 0 Å². The van der Waals surface area contributed by atoms with Crippen LogP contribution in [0.2, 0.25) is 0 Å². The first-order chi connectivity index (χ1) is 14.1. The lowest BCUT2D eigenvalue weighted by Crippen LogP contribution is -2.46. The van der Waals surface area contributed by atoms with Crippen LogP contribution in [0.3, 0.4) is 0 Å². The maximum atomic E-state index is 9.55. The Hall–Kier alpha value is -1.49. The second-order valence-electron chi connectivity index (χ2n) is 10.4. The summed E-state index contributed by atoms with van der Waals surface area (Å²) in [7, 11) is 0. The zero-order valence-electron chi connectivity index (χ0n) is 18.6. The molecule has 29 heavy (non-hydrogen) atoms. The average molecular weight is 394 g/mol. The van der Waals surface area contributed by atoms with E-state index in [1.807, 2.05) is 6.07 Å². The Kier molecular flexibility index (Phi) is 6.24. The Morgan fingerprint density at radius 3 is 2.24 bits per heavy atom. The molecule has 0 unspecified atom stereocenters. The first-order valence-electron chi connectivity index (χ1n) is 12.3. The summed E-state index contributed by atoms with van der Waals surface area (Å²) in [5.74, 6) is 2.33. The molecule has 2 bridgehead atoms. The molecule has 0 aliphatic heterocycles. The van der Waals surface area contributed by atoms with E-state index in [-0.39, 0.29) is 0 Å². The van der Waals surface area contributed by atoms with Crippen molar-refractivity contribution in [2.24, 2.45) is 16.7 Å². The number of fused-ring (bicyclic) bond motifs is 3. The van der Waals surface area contributed by atoms with E-state index in [9.17, 15) is 5.26 Å². The highest BCUT2D eigenvalue weighted by Crippen LogP contribution is 2.63. The molecule has 158 valence electrons. The third-order valence-electron chi connectivity index (χ3n) is 8.89. The molecule has 0 saturated heterocycles. The minimum atomic E-state index is 0.626. The van der Waals surface area contributed by atoms with Gasteiger partial charge in [0.15, 0.2) is 0 Å². The standard InChI is InChI=1S/C27H39NO/c1-3-11-26-12-15-27(16-13-26,17-14-26)24-8-5-21(6-9-24)22-7-10-25(29-18-4-2)23(19-22)20-28/h7,10,19,21,24H,3-6,8-9,11-18H2,1-2H3/t21-,24-,26?,27?. The van der Waals surface area contributed by atoms with Crippen LogP contribution in [0.15, 0.2) is 18.2 Å². The Morgan fingerprint density at radius 2 is 1.66 bits per heavy atom. The largest absolute Gasteiger partial charge is 0.492 e. The molecule has 4 aliphatic rings. The van der Waals surface area contributed by atoms with Crippen molar-refractivity contribution in [2.45, 2.75) is 103 Å². The third-order valence-corrected chi connectivity index (χ3v) is 8.89. The Balaban J connectivity index is 1.37. The maximum absolute atomic E-state index is 9.55. The van der Waals surface area contributed by atoms with Crippen LogP contribution in [0.5, 0.6) is 5.75 Å². The lowest BCUT2D eigenvalue weighted by molar-refractivity contribution is -0.0624. The average Bonchev–Trinajstić information content (AvgIpc) is 2.79. The first-order valence-corrected chi connectivity index (χ1v) is 12.3.